The van der Waals surface area contributed by atoms with Gasteiger partial charge in [-0.25, -0.2) is 8.42 Å². The van der Waals surface area contributed by atoms with Gasteiger partial charge in [-0.2, -0.15) is 0 Å². The third kappa shape index (κ3) is 3.98. The molecule has 0 aliphatic carbocycles. The van der Waals surface area contributed by atoms with E-state index in [-0.39, 0.29) is 17.1 Å². The van der Waals surface area contributed by atoms with Crippen LogP contribution in [0.15, 0.2) is 108 Å². The van der Waals surface area contributed by atoms with Crippen molar-refractivity contribution >= 4 is 26.4 Å². The van der Waals surface area contributed by atoms with E-state index in [2.05, 4.69) is 0 Å². The normalized spacial score (nSPS) is 12.6. The van der Waals surface area contributed by atoms with E-state index >= 15 is 0 Å². The highest BCUT2D eigenvalue weighted by atomic mass is 32.2. The average molecular weight is 400 g/mol. The molecule has 4 aromatic rings. The Morgan fingerprint density at radius 3 is 1.97 bits per heavy atom. The standard InChI is InChI=1S/C25H20O3S/c26-24(20-10-3-1-4-11-20)18-25(21-12-5-2-6-13-21)29(27,28)23-16-15-19-9-7-8-14-22(19)17-23/h1-17,25H,18H2/t25-/m0/s1. The van der Waals surface area contributed by atoms with Crippen molar-refractivity contribution < 1.29 is 13.2 Å². The van der Waals surface area contributed by atoms with Gasteiger partial charge in [0.25, 0.3) is 0 Å². The molecule has 0 spiro atoms. The highest BCUT2D eigenvalue weighted by Crippen LogP contribution is 2.34. The van der Waals surface area contributed by atoms with E-state index in [0.29, 0.717) is 11.1 Å². The number of carbonyl (C=O) groups is 1. The lowest BCUT2D eigenvalue weighted by molar-refractivity contribution is 0.0980. The number of Topliss-reactive ketones (excluding diaryl/α,β-unsaturated/α-hetero) is 1. The number of sulfone groups is 1. The number of fused-ring (bicyclic) bond motifs is 1. The van der Waals surface area contributed by atoms with Gasteiger partial charge in [0.1, 0.15) is 0 Å². The molecule has 0 saturated carbocycles. The Balaban J connectivity index is 1.77. The summed E-state index contributed by atoms with van der Waals surface area (Å²) >= 11 is 0. The Morgan fingerprint density at radius 2 is 1.28 bits per heavy atom. The van der Waals surface area contributed by atoms with E-state index in [1.807, 2.05) is 42.5 Å². The van der Waals surface area contributed by atoms with Gasteiger partial charge in [-0.05, 0) is 28.5 Å². The third-order valence-corrected chi connectivity index (χ3v) is 7.16. The Hall–Kier alpha value is -3.24. The molecule has 4 aromatic carbocycles. The molecular formula is C25H20O3S. The fourth-order valence-corrected chi connectivity index (χ4v) is 5.26. The molecule has 0 aliphatic rings. The van der Waals surface area contributed by atoms with Crippen molar-refractivity contribution in [1.29, 1.82) is 0 Å². The monoisotopic (exact) mass is 400 g/mol. The Kier molecular flexibility index (Phi) is 5.28. The largest absolute Gasteiger partial charge is 0.294 e. The molecule has 4 rings (SSSR count). The van der Waals surface area contributed by atoms with Crippen molar-refractivity contribution in [2.45, 2.75) is 16.6 Å². The second-order valence-electron chi connectivity index (χ2n) is 6.95. The molecule has 0 aromatic heterocycles. The van der Waals surface area contributed by atoms with Gasteiger partial charge in [-0.3, -0.25) is 4.79 Å². The van der Waals surface area contributed by atoms with E-state index < -0.39 is 15.1 Å². The van der Waals surface area contributed by atoms with Crippen molar-refractivity contribution in [2.75, 3.05) is 0 Å². The summed E-state index contributed by atoms with van der Waals surface area (Å²) in [6.45, 7) is 0. The highest BCUT2D eigenvalue weighted by Gasteiger charge is 2.31. The summed E-state index contributed by atoms with van der Waals surface area (Å²) in [6.07, 6.45) is -0.108. The van der Waals surface area contributed by atoms with Crippen LogP contribution >= 0.6 is 0 Å². The van der Waals surface area contributed by atoms with Crippen LogP contribution in [-0.4, -0.2) is 14.2 Å². The van der Waals surface area contributed by atoms with Crippen LogP contribution in [0, 0.1) is 0 Å². The van der Waals surface area contributed by atoms with Crippen molar-refractivity contribution in [3.05, 3.63) is 114 Å². The molecule has 0 fully saturated rings. The minimum Gasteiger partial charge on any atom is -0.294 e. The Labute approximate surface area is 170 Å². The van der Waals surface area contributed by atoms with E-state index in [1.165, 1.54) is 0 Å². The minimum atomic E-state index is -3.77. The predicted octanol–water partition coefficient (Wildman–Crippen LogP) is 5.63. The summed E-state index contributed by atoms with van der Waals surface area (Å²) in [7, 11) is -3.77. The lowest BCUT2D eigenvalue weighted by Gasteiger charge is -2.18. The molecule has 0 heterocycles. The topological polar surface area (TPSA) is 51.2 Å². The zero-order valence-corrected chi connectivity index (χ0v) is 16.5. The zero-order valence-electron chi connectivity index (χ0n) is 15.7. The molecule has 1 atom stereocenters. The molecule has 0 radical (unpaired) electrons. The maximum absolute atomic E-state index is 13.6. The van der Waals surface area contributed by atoms with Gasteiger partial charge < -0.3 is 0 Å². The number of ketones is 1. The molecule has 144 valence electrons. The maximum Gasteiger partial charge on any atom is 0.185 e. The van der Waals surface area contributed by atoms with Crippen LogP contribution in [0.5, 0.6) is 0 Å². The number of benzene rings is 4. The van der Waals surface area contributed by atoms with E-state index in [4.69, 9.17) is 0 Å². The molecule has 3 nitrogen and oxygen atoms in total. The van der Waals surface area contributed by atoms with Crippen LogP contribution in [0.4, 0.5) is 0 Å². The lowest BCUT2D eigenvalue weighted by Crippen LogP contribution is -2.18. The third-order valence-electron chi connectivity index (χ3n) is 5.06. The lowest BCUT2D eigenvalue weighted by atomic mass is 10.0. The average Bonchev–Trinajstić information content (AvgIpc) is 2.78. The molecule has 29 heavy (non-hydrogen) atoms. The summed E-state index contributed by atoms with van der Waals surface area (Å²) in [5.41, 5.74) is 1.13. The quantitative estimate of drug-likeness (QED) is 0.394. The Morgan fingerprint density at radius 1 is 0.690 bits per heavy atom. The van der Waals surface area contributed by atoms with E-state index in [1.54, 1.807) is 60.7 Å². The van der Waals surface area contributed by atoms with Gasteiger partial charge in [0, 0.05) is 12.0 Å². The van der Waals surface area contributed by atoms with Crippen LogP contribution in [-0.2, 0) is 9.84 Å². The summed E-state index contributed by atoms with van der Waals surface area (Å²) in [5, 5.41) is 0.885. The Bertz CT molecular complexity index is 1250. The summed E-state index contributed by atoms with van der Waals surface area (Å²) in [5.74, 6) is -0.191. The van der Waals surface area contributed by atoms with Crippen LogP contribution < -0.4 is 0 Å². The zero-order chi connectivity index (χ0) is 20.3. The highest BCUT2D eigenvalue weighted by molar-refractivity contribution is 7.91. The van der Waals surface area contributed by atoms with Crippen molar-refractivity contribution in [3.63, 3.8) is 0 Å². The van der Waals surface area contributed by atoms with Crippen molar-refractivity contribution in [3.8, 4) is 0 Å². The molecule has 0 saturated heterocycles. The van der Waals surface area contributed by atoms with Crippen LogP contribution in [0.25, 0.3) is 10.8 Å². The van der Waals surface area contributed by atoms with E-state index in [0.717, 1.165) is 10.8 Å². The molecule has 0 amide bonds. The second kappa shape index (κ2) is 8.02. The molecule has 0 N–H and O–H groups in total. The first kappa shape index (κ1) is 19.1. The second-order valence-corrected chi connectivity index (χ2v) is 9.08. The number of rotatable bonds is 6. The fraction of sp³-hybridized carbons (Fsp3) is 0.0800. The summed E-state index contributed by atoms with van der Waals surface area (Å²) < 4.78 is 27.2. The van der Waals surface area contributed by atoms with Crippen LogP contribution in [0.3, 0.4) is 0 Å². The first-order valence-corrected chi connectivity index (χ1v) is 11.0. The smallest absolute Gasteiger partial charge is 0.185 e. The minimum absolute atomic E-state index is 0.108. The van der Waals surface area contributed by atoms with Gasteiger partial charge in [0.2, 0.25) is 0 Å². The van der Waals surface area contributed by atoms with Gasteiger partial charge in [0.05, 0.1) is 10.1 Å². The molecule has 4 heteroatoms. The maximum atomic E-state index is 13.6. The van der Waals surface area contributed by atoms with Crippen LogP contribution in [0.1, 0.15) is 27.6 Å². The molecule has 0 unspecified atom stereocenters. The van der Waals surface area contributed by atoms with E-state index in [9.17, 15) is 13.2 Å². The van der Waals surface area contributed by atoms with Gasteiger partial charge in [-0.15, -0.1) is 0 Å². The molecular weight excluding hydrogens is 380 g/mol. The summed E-state index contributed by atoms with van der Waals surface area (Å²) in [4.78, 5) is 13.1. The van der Waals surface area contributed by atoms with Crippen molar-refractivity contribution in [2.24, 2.45) is 0 Å². The van der Waals surface area contributed by atoms with Crippen LogP contribution in [0.2, 0.25) is 0 Å². The predicted molar refractivity (Wildman–Crippen MR) is 116 cm³/mol. The molecule has 0 bridgehead atoms. The van der Waals surface area contributed by atoms with Gasteiger partial charge in [0.15, 0.2) is 15.6 Å². The van der Waals surface area contributed by atoms with Gasteiger partial charge in [-0.1, -0.05) is 91.0 Å². The number of carbonyl (C=O) groups excluding carboxylic acids is 1. The SMILES string of the molecule is O=C(C[C@@H](c1ccccc1)S(=O)(=O)c1ccc2ccccc2c1)c1ccccc1. The number of hydrogen-bond donors (Lipinski definition) is 0. The number of hydrogen-bond acceptors (Lipinski definition) is 3. The summed E-state index contributed by atoms with van der Waals surface area (Å²) in [6, 6.07) is 30.5. The first-order valence-electron chi connectivity index (χ1n) is 9.41. The molecule has 0 aliphatic heterocycles. The first-order chi connectivity index (χ1) is 14.1. The fourth-order valence-electron chi connectivity index (χ4n) is 3.49. The van der Waals surface area contributed by atoms with Crippen molar-refractivity contribution in [1.82, 2.24) is 0 Å². The van der Waals surface area contributed by atoms with Gasteiger partial charge >= 0.3 is 0 Å².